The third kappa shape index (κ3) is 4.58. The Kier molecular flexibility index (Phi) is 8.47. The molecule has 9 heavy (non-hydrogen) atoms. The van der Waals surface area contributed by atoms with Gasteiger partial charge in [0.25, 0.3) is 0 Å². The molecule has 2 nitrogen and oxygen atoms in total. The van der Waals surface area contributed by atoms with Gasteiger partial charge in [0.05, 0.1) is 0 Å². The van der Waals surface area contributed by atoms with Crippen LogP contribution in [0.2, 0.25) is 0 Å². The van der Waals surface area contributed by atoms with E-state index >= 15 is 0 Å². The fraction of sp³-hybridized carbons (Fsp3) is 0. The van der Waals surface area contributed by atoms with Crippen LogP contribution in [-0.4, -0.2) is 10.2 Å². The van der Waals surface area contributed by atoms with Crippen LogP contribution < -0.4 is 37.7 Å². The molecule has 1 aromatic heterocycles. The zero-order valence-corrected chi connectivity index (χ0v) is 7.67. The van der Waals surface area contributed by atoms with E-state index in [2.05, 4.69) is 10.2 Å². The summed E-state index contributed by atoms with van der Waals surface area (Å²) in [7, 11) is 0. The zero-order valence-electron chi connectivity index (χ0n) is 7.22. The minimum Gasteiger partial charge on any atom is -1.00 e. The summed E-state index contributed by atoms with van der Waals surface area (Å²) in [5.41, 5.74) is 0. The largest absolute Gasteiger partial charge is 1.00 e. The second kappa shape index (κ2) is 5.94. The molecule has 1 aromatic rings. The van der Waals surface area contributed by atoms with Crippen LogP contribution in [0.15, 0.2) is 0 Å². The summed E-state index contributed by atoms with van der Waals surface area (Å²) in [6.07, 6.45) is 0. The number of hydrogen-bond acceptors (Lipinski definition) is 3. The summed E-state index contributed by atoms with van der Waals surface area (Å²) in [5.74, 6) is 0. The van der Waals surface area contributed by atoms with E-state index in [0.29, 0.717) is 7.91 Å². The number of nitrogens with one attached hydrogen (secondary N) is 2. The van der Waals surface area contributed by atoms with Crippen molar-refractivity contribution in [3.8, 4) is 0 Å². The van der Waals surface area contributed by atoms with Gasteiger partial charge in [-0.05, 0) is 24.4 Å². The van der Waals surface area contributed by atoms with Gasteiger partial charge < -0.3 is 2.85 Å². The van der Waals surface area contributed by atoms with E-state index in [1.165, 1.54) is 11.3 Å². The minimum absolute atomic E-state index is 0. The Morgan fingerprint density at radius 2 is 1.44 bits per heavy atom. The number of aromatic amines is 2. The number of rotatable bonds is 0. The van der Waals surface area contributed by atoms with E-state index in [9.17, 15) is 0 Å². The Morgan fingerprint density at radius 1 is 1.11 bits per heavy atom. The third-order valence-electron chi connectivity index (χ3n) is 0.452. The molecule has 2 N–H and O–H groups in total. The Labute approximate surface area is 93.8 Å². The molecule has 0 aliphatic carbocycles. The van der Waals surface area contributed by atoms with E-state index in [1.807, 2.05) is 0 Å². The van der Waals surface area contributed by atoms with Crippen molar-refractivity contribution < 1.29 is 40.6 Å². The first kappa shape index (κ1) is 12.8. The molecule has 1 rings (SSSR count). The summed E-state index contributed by atoms with van der Waals surface area (Å²) in [6.45, 7) is 0. The van der Waals surface area contributed by atoms with Crippen LogP contribution in [0.1, 0.15) is 2.85 Å². The molecule has 42 valence electrons. The average Bonchev–Trinajstić information content (AvgIpc) is 1.87. The molecular formula is C2H4Li2N2S3. The van der Waals surface area contributed by atoms with Crippen molar-refractivity contribution in [2.45, 2.75) is 0 Å². The molecule has 0 saturated heterocycles. The third-order valence-corrected chi connectivity index (χ3v) is 1.73. The van der Waals surface area contributed by atoms with Crippen LogP contribution in [0.5, 0.6) is 0 Å². The van der Waals surface area contributed by atoms with Crippen molar-refractivity contribution in [3.63, 3.8) is 0 Å². The number of aromatic nitrogens is 2. The van der Waals surface area contributed by atoms with Gasteiger partial charge >= 0.3 is 37.7 Å². The molecule has 1 heterocycles. The SMILES string of the molecule is S=c1[nH][nH]c(=S)s1.[H-].[H-].[Li+].[Li+]. The van der Waals surface area contributed by atoms with E-state index in [1.54, 1.807) is 0 Å². The van der Waals surface area contributed by atoms with Crippen molar-refractivity contribution in [3.05, 3.63) is 7.91 Å². The van der Waals surface area contributed by atoms with Crippen LogP contribution in [0.25, 0.3) is 0 Å². The van der Waals surface area contributed by atoms with E-state index < -0.39 is 0 Å². The van der Waals surface area contributed by atoms with E-state index in [-0.39, 0.29) is 40.6 Å². The van der Waals surface area contributed by atoms with Crippen molar-refractivity contribution >= 4 is 35.8 Å². The topological polar surface area (TPSA) is 31.6 Å². The fourth-order valence-electron chi connectivity index (χ4n) is 0.237. The maximum Gasteiger partial charge on any atom is 1.00 e. The molecular weight excluding hydrogens is 162 g/mol. The van der Waals surface area contributed by atoms with Gasteiger partial charge in [-0.2, -0.15) is 0 Å². The molecule has 0 aliphatic rings. The predicted octanol–water partition coefficient (Wildman–Crippen LogP) is -3.90. The van der Waals surface area contributed by atoms with E-state index in [4.69, 9.17) is 24.4 Å². The van der Waals surface area contributed by atoms with Gasteiger partial charge in [0.1, 0.15) is 0 Å². The smallest absolute Gasteiger partial charge is 1.00 e. The maximum atomic E-state index is 4.70. The first-order valence-corrected chi connectivity index (χ1v) is 3.20. The van der Waals surface area contributed by atoms with Crippen molar-refractivity contribution in [2.75, 3.05) is 0 Å². The van der Waals surface area contributed by atoms with E-state index in [0.717, 1.165) is 0 Å². The molecule has 0 unspecified atom stereocenters. The van der Waals surface area contributed by atoms with Crippen molar-refractivity contribution in [1.29, 1.82) is 0 Å². The summed E-state index contributed by atoms with van der Waals surface area (Å²) in [5, 5.41) is 5.34. The van der Waals surface area contributed by atoms with Gasteiger partial charge in [-0.3, -0.25) is 10.2 Å². The van der Waals surface area contributed by atoms with Crippen LogP contribution in [0.3, 0.4) is 0 Å². The van der Waals surface area contributed by atoms with Gasteiger partial charge in [-0.25, -0.2) is 0 Å². The molecule has 0 atom stereocenters. The Bertz CT molecular complexity index is 230. The second-order valence-corrected chi connectivity index (χ2v) is 3.28. The quantitative estimate of drug-likeness (QED) is 0.305. The molecule has 0 amide bonds. The fourth-order valence-corrected chi connectivity index (χ4v) is 1.37. The molecule has 0 bridgehead atoms. The normalized spacial score (nSPS) is 7.11. The van der Waals surface area contributed by atoms with Crippen molar-refractivity contribution in [2.24, 2.45) is 0 Å². The first-order chi connectivity index (χ1) is 3.29. The van der Waals surface area contributed by atoms with Gasteiger partial charge in [-0.15, -0.1) is 0 Å². The molecule has 0 fully saturated rings. The predicted molar refractivity (Wildman–Crippen MR) is 36.9 cm³/mol. The standard InChI is InChI=1S/C2H2N2S3.2Li.2H/c5-1-3-4-2(6)7-1;;;;/h(H,3,5)(H,4,6);;;;/q;2*+1;2*-1. The Hall–Kier alpha value is 1.19. The molecule has 7 heteroatoms. The molecule has 0 radical (unpaired) electrons. The molecule has 0 aliphatic heterocycles. The average molecular weight is 166 g/mol. The van der Waals surface area contributed by atoms with Gasteiger partial charge in [0.15, 0.2) is 7.91 Å². The van der Waals surface area contributed by atoms with Crippen molar-refractivity contribution in [1.82, 2.24) is 10.2 Å². The first-order valence-electron chi connectivity index (χ1n) is 1.57. The van der Waals surface area contributed by atoms with Crippen LogP contribution >= 0.6 is 35.8 Å². The van der Waals surface area contributed by atoms with Gasteiger partial charge in [0.2, 0.25) is 0 Å². The summed E-state index contributed by atoms with van der Waals surface area (Å²) < 4.78 is 1.40. The second-order valence-electron chi connectivity index (χ2n) is 0.927. The summed E-state index contributed by atoms with van der Waals surface area (Å²) in [4.78, 5) is 0. The van der Waals surface area contributed by atoms with Crippen LogP contribution in [0, 0.1) is 7.91 Å². The monoisotopic (exact) mass is 166 g/mol. The zero-order chi connectivity index (χ0) is 5.28. The number of hydrogen-bond donors (Lipinski definition) is 2. The van der Waals surface area contributed by atoms with Crippen LogP contribution in [-0.2, 0) is 0 Å². The molecule has 0 spiro atoms. The maximum absolute atomic E-state index is 4.70. The summed E-state index contributed by atoms with van der Waals surface area (Å²) >= 11 is 10.8. The van der Waals surface area contributed by atoms with Gasteiger partial charge in [-0.1, -0.05) is 11.3 Å². The van der Waals surface area contributed by atoms with Gasteiger partial charge in [0, 0.05) is 0 Å². The molecule has 0 saturated carbocycles. The van der Waals surface area contributed by atoms with Crippen LogP contribution in [0.4, 0.5) is 0 Å². The summed E-state index contributed by atoms with van der Waals surface area (Å²) in [6, 6.07) is 0. The Balaban J connectivity index is -0.0000000612. The molecule has 0 aromatic carbocycles. The minimum atomic E-state index is 0. The Morgan fingerprint density at radius 3 is 1.56 bits per heavy atom. The number of H-pyrrole nitrogens is 2.